The van der Waals surface area contributed by atoms with Crippen LogP contribution >= 0.6 is 31.9 Å². The summed E-state index contributed by atoms with van der Waals surface area (Å²) in [5.41, 5.74) is 10.6. The summed E-state index contributed by atoms with van der Waals surface area (Å²) >= 11 is 7.15. The van der Waals surface area contributed by atoms with Crippen LogP contribution in [0.25, 0.3) is 0 Å². The highest BCUT2D eigenvalue weighted by Crippen LogP contribution is 2.28. The number of hydrogen-bond donors (Lipinski definition) is 2. The second-order valence-corrected chi connectivity index (χ2v) is 6.74. The first kappa shape index (κ1) is 15.5. The number of halogens is 2. The largest absolute Gasteiger partial charge is 0.377 e. The zero-order valence-electron chi connectivity index (χ0n) is 11.6. The van der Waals surface area contributed by atoms with Crippen molar-refractivity contribution < 1.29 is 0 Å². The van der Waals surface area contributed by atoms with Crippen molar-refractivity contribution >= 4 is 37.5 Å². The molecule has 3 N–H and O–H groups in total. The van der Waals surface area contributed by atoms with E-state index in [9.17, 15) is 0 Å². The van der Waals surface area contributed by atoms with Gasteiger partial charge in [0.15, 0.2) is 0 Å². The molecule has 0 saturated heterocycles. The van der Waals surface area contributed by atoms with Gasteiger partial charge in [0.1, 0.15) is 0 Å². The van der Waals surface area contributed by atoms with Crippen molar-refractivity contribution in [1.82, 2.24) is 0 Å². The molecule has 20 heavy (non-hydrogen) atoms. The Balaban J connectivity index is 2.28. The van der Waals surface area contributed by atoms with Crippen molar-refractivity contribution in [2.45, 2.75) is 19.9 Å². The smallest absolute Gasteiger partial charge is 0.0647 e. The van der Waals surface area contributed by atoms with Crippen LogP contribution in [0, 0.1) is 13.8 Å². The van der Waals surface area contributed by atoms with Crippen molar-refractivity contribution in [1.29, 1.82) is 0 Å². The van der Waals surface area contributed by atoms with Crippen molar-refractivity contribution in [2.75, 3.05) is 11.9 Å². The first-order chi connectivity index (χ1) is 9.49. The van der Waals surface area contributed by atoms with Crippen LogP contribution < -0.4 is 11.1 Å². The molecule has 0 heterocycles. The van der Waals surface area contributed by atoms with E-state index in [1.807, 2.05) is 0 Å². The third-order valence-electron chi connectivity index (χ3n) is 3.15. The zero-order valence-corrected chi connectivity index (χ0v) is 14.8. The quantitative estimate of drug-likeness (QED) is 0.766. The lowest BCUT2D eigenvalue weighted by Crippen LogP contribution is -2.21. The van der Waals surface area contributed by atoms with Gasteiger partial charge in [-0.2, -0.15) is 0 Å². The molecule has 0 radical (unpaired) electrons. The first-order valence-corrected chi connectivity index (χ1v) is 8.08. The molecule has 2 rings (SSSR count). The van der Waals surface area contributed by atoms with E-state index in [1.54, 1.807) is 0 Å². The first-order valence-electron chi connectivity index (χ1n) is 6.49. The van der Waals surface area contributed by atoms with E-state index in [0.29, 0.717) is 6.54 Å². The minimum atomic E-state index is 0.0821. The molecular weight excluding hydrogens is 380 g/mol. The Morgan fingerprint density at radius 3 is 2.40 bits per heavy atom. The summed E-state index contributed by atoms with van der Waals surface area (Å²) in [5, 5.41) is 3.50. The van der Waals surface area contributed by atoms with Crippen LogP contribution in [0.4, 0.5) is 5.69 Å². The molecule has 0 aliphatic carbocycles. The lowest BCUT2D eigenvalue weighted by atomic mass is 10.0. The fourth-order valence-electron chi connectivity index (χ4n) is 2.20. The monoisotopic (exact) mass is 396 g/mol. The summed E-state index contributed by atoms with van der Waals surface area (Å²) in [5.74, 6) is 0. The normalized spacial score (nSPS) is 12.2. The maximum Gasteiger partial charge on any atom is 0.0647 e. The van der Waals surface area contributed by atoms with Crippen LogP contribution in [0.2, 0.25) is 0 Å². The standard InChI is InChI=1S/C16H18Br2N2/c1-10-3-4-14(15(18)7-10)16(9-19)20-13-6-11(2)5-12(17)8-13/h3-8,16,20H,9,19H2,1-2H3. The fraction of sp³-hybridized carbons (Fsp3) is 0.250. The maximum atomic E-state index is 5.94. The number of rotatable bonds is 4. The molecule has 2 aromatic rings. The van der Waals surface area contributed by atoms with Crippen LogP contribution in [0.1, 0.15) is 22.7 Å². The Kier molecular flexibility index (Phi) is 5.24. The number of nitrogens with one attached hydrogen (secondary N) is 1. The number of anilines is 1. The van der Waals surface area contributed by atoms with Gasteiger partial charge in [-0.3, -0.25) is 0 Å². The van der Waals surface area contributed by atoms with Gasteiger partial charge in [0.2, 0.25) is 0 Å². The van der Waals surface area contributed by atoms with Crippen LogP contribution in [0.3, 0.4) is 0 Å². The molecule has 0 saturated carbocycles. The third kappa shape index (κ3) is 3.84. The lowest BCUT2D eigenvalue weighted by Gasteiger charge is -2.21. The summed E-state index contributed by atoms with van der Waals surface area (Å²) in [7, 11) is 0. The topological polar surface area (TPSA) is 38.0 Å². The molecule has 0 bridgehead atoms. The van der Waals surface area contributed by atoms with E-state index in [0.717, 1.165) is 14.6 Å². The summed E-state index contributed by atoms with van der Waals surface area (Å²) in [6, 6.07) is 12.7. The number of hydrogen-bond acceptors (Lipinski definition) is 2. The second kappa shape index (κ2) is 6.74. The molecule has 0 aliphatic rings. The predicted molar refractivity (Wildman–Crippen MR) is 93.2 cm³/mol. The Morgan fingerprint density at radius 1 is 1.05 bits per heavy atom. The molecule has 0 spiro atoms. The molecule has 106 valence electrons. The minimum Gasteiger partial charge on any atom is -0.377 e. The van der Waals surface area contributed by atoms with Crippen molar-refractivity contribution in [3.63, 3.8) is 0 Å². The van der Waals surface area contributed by atoms with Gasteiger partial charge in [-0.05, 0) is 54.8 Å². The van der Waals surface area contributed by atoms with Gasteiger partial charge in [-0.1, -0.05) is 44.0 Å². The van der Waals surface area contributed by atoms with Gasteiger partial charge in [-0.25, -0.2) is 0 Å². The molecule has 0 aromatic heterocycles. The van der Waals surface area contributed by atoms with E-state index in [-0.39, 0.29) is 6.04 Å². The average molecular weight is 398 g/mol. The highest BCUT2D eigenvalue weighted by Gasteiger charge is 2.13. The lowest BCUT2D eigenvalue weighted by molar-refractivity contribution is 0.785. The van der Waals surface area contributed by atoms with E-state index < -0.39 is 0 Å². The Labute approximate surface area is 137 Å². The summed E-state index contributed by atoms with van der Waals surface area (Å²) in [4.78, 5) is 0. The van der Waals surface area contributed by atoms with Crippen LogP contribution in [0.15, 0.2) is 45.3 Å². The molecule has 4 heteroatoms. The molecule has 0 aliphatic heterocycles. The minimum absolute atomic E-state index is 0.0821. The predicted octanol–water partition coefficient (Wildman–Crippen LogP) is 4.94. The summed E-state index contributed by atoms with van der Waals surface area (Å²) in [6.45, 7) is 4.69. The van der Waals surface area contributed by atoms with Crippen LogP contribution in [-0.2, 0) is 0 Å². The summed E-state index contributed by atoms with van der Waals surface area (Å²) < 4.78 is 2.16. The van der Waals surface area contributed by atoms with Gasteiger partial charge in [0.05, 0.1) is 6.04 Å². The molecule has 1 unspecified atom stereocenters. The van der Waals surface area contributed by atoms with Gasteiger partial charge < -0.3 is 11.1 Å². The Morgan fingerprint density at radius 2 is 1.80 bits per heavy atom. The van der Waals surface area contributed by atoms with Gasteiger partial charge in [0, 0.05) is 21.2 Å². The van der Waals surface area contributed by atoms with Crippen molar-refractivity contribution in [3.8, 4) is 0 Å². The third-order valence-corrected chi connectivity index (χ3v) is 4.29. The average Bonchev–Trinajstić information content (AvgIpc) is 2.35. The van der Waals surface area contributed by atoms with Crippen molar-refractivity contribution in [2.24, 2.45) is 5.73 Å². The Bertz CT molecular complexity index is 591. The summed E-state index contributed by atoms with van der Waals surface area (Å²) in [6.07, 6.45) is 0. The van der Waals surface area contributed by atoms with E-state index >= 15 is 0 Å². The highest BCUT2D eigenvalue weighted by molar-refractivity contribution is 9.10. The van der Waals surface area contributed by atoms with Crippen LogP contribution in [-0.4, -0.2) is 6.54 Å². The van der Waals surface area contributed by atoms with E-state index in [4.69, 9.17) is 5.73 Å². The zero-order chi connectivity index (χ0) is 14.7. The van der Waals surface area contributed by atoms with E-state index in [2.05, 4.69) is 87.4 Å². The number of benzene rings is 2. The van der Waals surface area contributed by atoms with Crippen molar-refractivity contribution in [3.05, 3.63) is 62.0 Å². The molecule has 2 nitrogen and oxygen atoms in total. The molecule has 1 atom stereocenters. The van der Waals surface area contributed by atoms with Gasteiger partial charge >= 0.3 is 0 Å². The van der Waals surface area contributed by atoms with Gasteiger partial charge in [0.25, 0.3) is 0 Å². The van der Waals surface area contributed by atoms with E-state index in [1.165, 1.54) is 16.7 Å². The fourth-order valence-corrected chi connectivity index (χ4v) is 3.58. The number of nitrogens with two attached hydrogens (primary N) is 1. The second-order valence-electron chi connectivity index (χ2n) is 4.97. The SMILES string of the molecule is Cc1cc(Br)cc(NC(CN)c2ccc(C)cc2Br)c1. The Hall–Kier alpha value is -0.840. The molecule has 0 fully saturated rings. The molecular formula is C16H18Br2N2. The highest BCUT2D eigenvalue weighted by atomic mass is 79.9. The van der Waals surface area contributed by atoms with Gasteiger partial charge in [-0.15, -0.1) is 0 Å². The maximum absolute atomic E-state index is 5.94. The molecule has 0 amide bonds. The number of aryl methyl sites for hydroxylation is 2. The van der Waals surface area contributed by atoms with Crippen LogP contribution in [0.5, 0.6) is 0 Å². The molecule has 2 aromatic carbocycles.